The Morgan fingerprint density at radius 1 is 1.69 bits per heavy atom. The number of ether oxygens (including phenoxy) is 1. The molecule has 0 aliphatic heterocycles. The third-order valence-corrected chi connectivity index (χ3v) is 1.27. The van der Waals surface area contributed by atoms with Gasteiger partial charge in [-0.25, -0.2) is 4.98 Å². The van der Waals surface area contributed by atoms with Crippen LogP contribution >= 0.6 is 11.6 Å². The molecule has 0 fully saturated rings. The number of pyridine rings is 1. The average Bonchev–Trinajstić information content (AvgIpc) is 2.08. The third-order valence-electron chi connectivity index (χ3n) is 1.10. The maximum absolute atomic E-state index is 12.6. The van der Waals surface area contributed by atoms with Crippen molar-refractivity contribution < 1.29 is 24.8 Å². The lowest BCUT2D eigenvalue weighted by Gasteiger charge is -2.10. The van der Waals surface area contributed by atoms with Crippen LogP contribution in [0.1, 0.15) is 12.4 Å². The molecule has 6 heteroatoms. The molecule has 0 aliphatic rings. The summed E-state index contributed by atoms with van der Waals surface area (Å²) < 4.78 is 76.6. The first-order valence-electron chi connectivity index (χ1n) is 5.36. The Bertz CT molecular complexity index is 476. The number of alkyl halides is 3. The molecule has 13 heavy (non-hydrogen) atoms. The molecule has 0 bridgehead atoms. The number of hydrogen-bond donors (Lipinski definition) is 0. The number of halogens is 4. The number of hydrogen-bond acceptors (Lipinski definition) is 2. The van der Waals surface area contributed by atoms with Gasteiger partial charge in [0.15, 0.2) is 0 Å². The Hall–Kier alpha value is -0.970. The lowest BCUT2D eigenvalue weighted by Crippen LogP contribution is -2.07. The van der Waals surface area contributed by atoms with Crippen LogP contribution in [-0.2, 0) is 6.18 Å². The van der Waals surface area contributed by atoms with Crippen LogP contribution in [0.25, 0.3) is 0 Å². The quantitative estimate of drug-likeness (QED) is 0.674. The second kappa shape index (κ2) is 3.41. The molecule has 0 saturated carbocycles. The van der Waals surface area contributed by atoms with E-state index in [4.69, 9.17) is 18.5 Å². The minimum atomic E-state index is -5.08. The highest BCUT2D eigenvalue weighted by molar-refractivity contribution is 6.29. The van der Waals surface area contributed by atoms with Gasteiger partial charge in [0.25, 0.3) is 0 Å². The summed E-state index contributed by atoms with van der Waals surface area (Å²) in [6, 6.07) is -1.03. The predicted molar refractivity (Wildman–Crippen MR) is 40.8 cm³/mol. The Morgan fingerprint density at radius 3 is 2.92 bits per heavy atom. The molecule has 0 N–H and O–H groups in total. The van der Waals surface area contributed by atoms with E-state index < -0.39 is 41.9 Å². The smallest absolute Gasteiger partial charge is 0.421 e. The largest absolute Gasteiger partial charge is 0.496 e. The van der Waals surface area contributed by atoms with Gasteiger partial charge in [0.2, 0.25) is 0 Å². The van der Waals surface area contributed by atoms with Crippen LogP contribution in [0.15, 0.2) is 12.2 Å². The standard InChI is InChI=1S/C7H5ClF3NO/c1-13-5-2-6(8)12-3-4(5)7(9,10)11/h2-3H,1H3/i1D3,2D,3D. The van der Waals surface area contributed by atoms with Crippen molar-refractivity contribution in [2.45, 2.75) is 6.18 Å². The van der Waals surface area contributed by atoms with Crippen LogP contribution in [0.5, 0.6) is 5.75 Å². The molecule has 0 saturated heterocycles. The minimum Gasteiger partial charge on any atom is -0.496 e. The fourth-order valence-electron chi connectivity index (χ4n) is 0.609. The fraction of sp³-hybridized carbons (Fsp3) is 0.286. The summed E-state index contributed by atoms with van der Waals surface area (Å²) in [7, 11) is -3.20. The first kappa shape index (κ1) is 5.05. The van der Waals surface area contributed by atoms with Gasteiger partial charge in [-0.2, -0.15) is 13.2 Å². The van der Waals surface area contributed by atoms with Crippen LogP contribution < -0.4 is 4.74 Å². The molecular formula is C7H5ClF3NO. The Morgan fingerprint density at radius 2 is 2.38 bits per heavy atom. The molecule has 0 spiro atoms. The summed E-state index contributed by atoms with van der Waals surface area (Å²) in [5.74, 6) is -1.33. The average molecular weight is 217 g/mol. The molecule has 1 rings (SSSR count). The van der Waals surface area contributed by atoms with E-state index >= 15 is 0 Å². The zero-order chi connectivity index (χ0) is 14.3. The molecule has 1 heterocycles. The molecule has 0 amide bonds. The summed E-state index contributed by atoms with van der Waals surface area (Å²) in [5.41, 5.74) is -1.74. The van der Waals surface area contributed by atoms with Crippen molar-refractivity contribution in [2.24, 2.45) is 0 Å². The van der Waals surface area contributed by atoms with Crippen molar-refractivity contribution >= 4 is 11.6 Å². The van der Waals surface area contributed by atoms with Crippen molar-refractivity contribution in [1.82, 2.24) is 4.98 Å². The van der Waals surface area contributed by atoms with Gasteiger partial charge in [0.05, 0.1) is 13.9 Å². The van der Waals surface area contributed by atoms with Gasteiger partial charge in [0, 0.05) is 12.2 Å². The maximum Gasteiger partial charge on any atom is 0.421 e. The van der Waals surface area contributed by atoms with Crippen LogP contribution in [0.2, 0.25) is 5.15 Å². The molecular weight excluding hydrogens is 207 g/mol. The molecule has 1 aromatic heterocycles. The number of methoxy groups -OCH3 is 1. The van der Waals surface area contributed by atoms with E-state index in [1.54, 1.807) is 0 Å². The van der Waals surface area contributed by atoms with Gasteiger partial charge in [-0.15, -0.1) is 0 Å². The third kappa shape index (κ3) is 2.24. The highest BCUT2D eigenvalue weighted by atomic mass is 35.5. The number of aromatic nitrogens is 1. The van der Waals surface area contributed by atoms with Gasteiger partial charge in [0.1, 0.15) is 16.5 Å². The SMILES string of the molecule is [2H]c1nc(Cl)c([2H])c(OC([2H])([2H])[2H])c1C(F)(F)F. The van der Waals surface area contributed by atoms with E-state index in [-0.39, 0.29) is 0 Å². The lowest BCUT2D eigenvalue weighted by molar-refractivity contribution is -0.139. The second-order valence-electron chi connectivity index (χ2n) is 1.94. The zero-order valence-electron chi connectivity index (χ0n) is 10.9. The molecule has 0 aliphatic carbocycles. The first-order valence-corrected chi connectivity index (χ1v) is 3.24. The van der Waals surface area contributed by atoms with Crippen LogP contribution in [0, 0.1) is 0 Å². The molecule has 1 aromatic rings. The summed E-state index contributed by atoms with van der Waals surface area (Å²) in [6.45, 7) is 0. The van der Waals surface area contributed by atoms with E-state index in [2.05, 4.69) is 9.72 Å². The van der Waals surface area contributed by atoms with Gasteiger partial charge in [-0.3, -0.25) is 0 Å². The van der Waals surface area contributed by atoms with Crippen molar-refractivity contribution in [1.29, 1.82) is 0 Å². The van der Waals surface area contributed by atoms with E-state index in [0.717, 1.165) is 0 Å². The molecule has 0 aromatic carbocycles. The second-order valence-corrected chi connectivity index (χ2v) is 2.30. The number of nitrogens with zero attached hydrogens (tertiary/aromatic N) is 1. The predicted octanol–water partition coefficient (Wildman–Crippen LogP) is 2.76. The van der Waals surface area contributed by atoms with Crippen molar-refractivity contribution in [3.8, 4) is 5.75 Å². The van der Waals surface area contributed by atoms with Crippen LogP contribution in [0.3, 0.4) is 0 Å². The fourth-order valence-corrected chi connectivity index (χ4v) is 0.737. The normalized spacial score (nSPS) is 18.0. The highest BCUT2D eigenvalue weighted by Crippen LogP contribution is 2.36. The molecule has 0 radical (unpaired) electrons. The molecule has 0 atom stereocenters. The van der Waals surface area contributed by atoms with E-state index in [1.807, 2.05) is 0 Å². The van der Waals surface area contributed by atoms with Crippen LogP contribution in [-0.4, -0.2) is 12.0 Å². The summed E-state index contributed by atoms with van der Waals surface area (Å²) >= 11 is 5.32. The minimum absolute atomic E-state index is 0.743. The van der Waals surface area contributed by atoms with E-state index in [0.29, 0.717) is 0 Å². The van der Waals surface area contributed by atoms with E-state index in [1.165, 1.54) is 0 Å². The Labute approximate surface area is 84.3 Å². The van der Waals surface area contributed by atoms with Crippen molar-refractivity contribution in [3.05, 3.63) is 22.9 Å². The monoisotopic (exact) mass is 216 g/mol. The Kier molecular flexibility index (Phi) is 1.33. The summed E-state index contributed by atoms with van der Waals surface area (Å²) in [6.07, 6.45) is -6.38. The van der Waals surface area contributed by atoms with Crippen molar-refractivity contribution in [3.63, 3.8) is 0 Å². The van der Waals surface area contributed by atoms with Gasteiger partial charge in [-0.05, 0) is 0 Å². The maximum atomic E-state index is 12.6. The lowest BCUT2D eigenvalue weighted by atomic mass is 10.2. The van der Waals surface area contributed by atoms with Gasteiger partial charge >= 0.3 is 6.18 Å². The van der Waals surface area contributed by atoms with Gasteiger partial charge in [-0.1, -0.05) is 11.6 Å². The molecule has 0 unspecified atom stereocenters. The molecule has 72 valence electrons. The summed E-state index contributed by atoms with van der Waals surface area (Å²) in [5, 5.41) is -0.743. The van der Waals surface area contributed by atoms with Crippen molar-refractivity contribution in [2.75, 3.05) is 7.04 Å². The Balaban J connectivity index is 3.54. The first-order chi connectivity index (χ1) is 7.93. The molecule has 2 nitrogen and oxygen atoms in total. The summed E-state index contributed by atoms with van der Waals surface area (Å²) in [4.78, 5) is 2.99. The van der Waals surface area contributed by atoms with Gasteiger partial charge < -0.3 is 4.74 Å². The highest BCUT2D eigenvalue weighted by Gasteiger charge is 2.34. The van der Waals surface area contributed by atoms with E-state index in [9.17, 15) is 13.2 Å². The van der Waals surface area contributed by atoms with Crippen LogP contribution in [0.4, 0.5) is 13.2 Å². The number of rotatable bonds is 1. The zero-order valence-corrected chi connectivity index (χ0v) is 6.62. The topological polar surface area (TPSA) is 22.1 Å².